The van der Waals surface area contributed by atoms with Crippen molar-refractivity contribution in [1.82, 2.24) is 15.5 Å². The Hall–Kier alpha value is -1.51. The Labute approximate surface area is 180 Å². The van der Waals surface area contributed by atoms with Gasteiger partial charge in [-0.05, 0) is 50.5 Å². The van der Waals surface area contributed by atoms with Gasteiger partial charge in [-0.15, -0.1) is 24.0 Å². The van der Waals surface area contributed by atoms with Crippen LogP contribution in [-0.4, -0.2) is 55.6 Å². The third-order valence-corrected chi connectivity index (χ3v) is 4.35. The van der Waals surface area contributed by atoms with Crippen molar-refractivity contribution in [3.05, 3.63) is 29.3 Å². The molecule has 2 rings (SSSR count). The molecule has 1 aliphatic heterocycles. The molecule has 0 aliphatic carbocycles. The molecule has 6 nitrogen and oxygen atoms in total. The lowest BCUT2D eigenvalue weighted by molar-refractivity contribution is -0.129. The number of hydrogen-bond acceptors (Lipinski definition) is 3. The molecule has 152 valence electrons. The Bertz CT molecular complexity index is 616. The van der Waals surface area contributed by atoms with E-state index >= 15 is 0 Å². The maximum Gasteiger partial charge on any atom is 0.222 e. The molecule has 1 aromatic rings. The minimum Gasteiger partial charge on any atom is -0.492 e. The van der Waals surface area contributed by atoms with Crippen LogP contribution in [0.2, 0.25) is 0 Å². The summed E-state index contributed by atoms with van der Waals surface area (Å²) in [5, 5.41) is 6.70. The molecule has 1 aromatic carbocycles. The average molecular weight is 488 g/mol. The summed E-state index contributed by atoms with van der Waals surface area (Å²) >= 11 is 0. The summed E-state index contributed by atoms with van der Waals surface area (Å²) in [6, 6.07) is 6.46. The van der Waals surface area contributed by atoms with Gasteiger partial charge in [0.25, 0.3) is 0 Å². The van der Waals surface area contributed by atoms with Crippen LogP contribution in [0.1, 0.15) is 37.8 Å². The fourth-order valence-electron chi connectivity index (χ4n) is 3.18. The smallest absolute Gasteiger partial charge is 0.222 e. The number of ether oxygens (including phenoxy) is 1. The Morgan fingerprint density at radius 1 is 1.26 bits per heavy atom. The van der Waals surface area contributed by atoms with E-state index < -0.39 is 0 Å². The first kappa shape index (κ1) is 23.5. The predicted octanol–water partition coefficient (Wildman–Crippen LogP) is 2.87. The normalized spacial score (nSPS) is 16.7. The number of aliphatic imine (C=N–C) groups is 1. The number of carbonyl (C=O) groups excluding carboxylic acids is 1. The van der Waals surface area contributed by atoms with E-state index in [0.29, 0.717) is 19.6 Å². The molecule has 1 saturated heterocycles. The van der Waals surface area contributed by atoms with Crippen LogP contribution in [0.5, 0.6) is 5.75 Å². The van der Waals surface area contributed by atoms with Crippen molar-refractivity contribution in [2.75, 3.05) is 32.8 Å². The minimum atomic E-state index is 0. The highest BCUT2D eigenvalue weighted by Gasteiger charge is 2.25. The maximum atomic E-state index is 11.8. The fraction of sp³-hybridized carbons (Fsp3) is 0.600. The second-order valence-electron chi connectivity index (χ2n) is 6.76. The van der Waals surface area contributed by atoms with E-state index in [1.54, 1.807) is 0 Å². The summed E-state index contributed by atoms with van der Waals surface area (Å²) in [6.45, 7) is 11.6. The summed E-state index contributed by atoms with van der Waals surface area (Å²) in [7, 11) is 0. The van der Waals surface area contributed by atoms with Gasteiger partial charge in [-0.3, -0.25) is 4.79 Å². The van der Waals surface area contributed by atoms with Crippen molar-refractivity contribution in [2.45, 2.75) is 46.6 Å². The van der Waals surface area contributed by atoms with Gasteiger partial charge in [-0.2, -0.15) is 0 Å². The summed E-state index contributed by atoms with van der Waals surface area (Å²) < 4.78 is 5.81. The standard InChI is InChI=1S/C20H32N4O2.HI/c1-5-19(25)24-9-7-17(14-24)23-20(21-6-2)22-8-10-26-18-12-15(3)11-16(4)13-18;/h11-13,17H,5-10,14H2,1-4H3,(H2,21,22,23);1H. The molecule has 0 radical (unpaired) electrons. The van der Waals surface area contributed by atoms with Gasteiger partial charge in [0, 0.05) is 32.1 Å². The zero-order valence-electron chi connectivity index (χ0n) is 16.9. The summed E-state index contributed by atoms with van der Waals surface area (Å²) in [5.74, 6) is 1.89. The Kier molecular flexibility index (Phi) is 10.5. The predicted molar refractivity (Wildman–Crippen MR) is 121 cm³/mol. The highest BCUT2D eigenvalue weighted by molar-refractivity contribution is 14.0. The van der Waals surface area contributed by atoms with Crippen LogP contribution in [0, 0.1) is 13.8 Å². The highest BCUT2D eigenvalue weighted by Crippen LogP contribution is 2.16. The molecular formula is C20H33IN4O2. The number of amides is 1. The average Bonchev–Trinajstić information content (AvgIpc) is 3.06. The topological polar surface area (TPSA) is 66.0 Å². The number of carbonyl (C=O) groups is 1. The number of nitrogens with zero attached hydrogens (tertiary/aromatic N) is 2. The summed E-state index contributed by atoms with van der Waals surface area (Å²) in [4.78, 5) is 18.3. The minimum absolute atomic E-state index is 0. The molecule has 1 atom stereocenters. The molecule has 7 heteroatoms. The number of hydrogen-bond donors (Lipinski definition) is 2. The first-order chi connectivity index (χ1) is 12.5. The van der Waals surface area contributed by atoms with E-state index in [-0.39, 0.29) is 35.9 Å². The van der Waals surface area contributed by atoms with E-state index in [0.717, 1.165) is 37.8 Å². The first-order valence-electron chi connectivity index (χ1n) is 9.55. The molecule has 1 fully saturated rings. The van der Waals surface area contributed by atoms with Crippen LogP contribution in [0.3, 0.4) is 0 Å². The molecule has 1 heterocycles. The monoisotopic (exact) mass is 488 g/mol. The third-order valence-electron chi connectivity index (χ3n) is 4.35. The van der Waals surface area contributed by atoms with Gasteiger partial charge in [0.1, 0.15) is 12.4 Å². The molecule has 0 aromatic heterocycles. The SMILES string of the molecule is CCNC(=NCCOc1cc(C)cc(C)c1)NC1CCN(C(=O)CC)C1.I. The molecule has 0 saturated carbocycles. The van der Waals surface area contributed by atoms with E-state index in [4.69, 9.17) is 4.74 Å². The molecule has 27 heavy (non-hydrogen) atoms. The van der Waals surface area contributed by atoms with Gasteiger partial charge < -0.3 is 20.3 Å². The molecule has 1 aliphatic rings. The second-order valence-corrected chi connectivity index (χ2v) is 6.76. The van der Waals surface area contributed by atoms with Gasteiger partial charge in [-0.1, -0.05) is 13.0 Å². The molecule has 1 amide bonds. The number of guanidine groups is 1. The lowest BCUT2D eigenvalue weighted by Crippen LogP contribution is -2.45. The van der Waals surface area contributed by atoms with Gasteiger partial charge in [0.05, 0.1) is 6.54 Å². The number of rotatable bonds is 7. The number of likely N-dealkylation sites (tertiary alicyclic amines) is 1. The van der Waals surface area contributed by atoms with Gasteiger partial charge >= 0.3 is 0 Å². The summed E-state index contributed by atoms with van der Waals surface area (Å²) in [5.41, 5.74) is 2.40. The van der Waals surface area contributed by atoms with Crippen molar-refractivity contribution in [2.24, 2.45) is 4.99 Å². The largest absolute Gasteiger partial charge is 0.492 e. The number of benzene rings is 1. The second kappa shape index (κ2) is 12.0. The lowest BCUT2D eigenvalue weighted by Gasteiger charge is -2.18. The van der Waals surface area contributed by atoms with Crippen molar-refractivity contribution < 1.29 is 9.53 Å². The molecule has 2 N–H and O–H groups in total. The van der Waals surface area contributed by atoms with Gasteiger partial charge in [-0.25, -0.2) is 4.99 Å². The van der Waals surface area contributed by atoms with Crippen LogP contribution >= 0.6 is 24.0 Å². The van der Waals surface area contributed by atoms with Crippen LogP contribution < -0.4 is 15.4 Å². The highest BCUT2D eigenvalue weighted by atomic mass is 127. The molecule has 0 bridgehead atoms. The van der Waals surface area contributed by atoms with Gasteiger partial charge in [0.15, 0.2) is 5.96 Å². The first-order valence-corrected chi connectivity index (χ1v) is 9.55. The quantitative estimate of drug-likeness (QED) is 0.268. The number of halogens is 1. The van der Waals surface area contributed by atoms with Crippen LogP contribution in [0.4, 0.5) is 0 Å². The zero-order chi connectivity index (χ0) is 18.9. The Morgan fingerprint density at radius 3 is 2.59 bits per heavy atom. The van der Waals surface area contributed by atoms with Crippen LogP contribution in [0.15, 0.2) is 23.2 Å². The Balaban J connectivity index is 0.00000364. The van der Waals surface area contributed by atoms with Crippen LogP contribution in [0.25, 0.3) is 0 Å². The van der Waals surface area contributed by atoms with E-state index in [1.165, 1.54) is 11.1 Å². The number of nitrogens with one attached hydrogen (secondary N) is 2. The van der Waals surface area contributed by atoms with Crippen LogP contribution in [-0.2, 0) is 4.79 Å². The molecule has 1 unspecified atom stereocenters. The van der Waals surface area contributed by atoms with Crippen molar-refractivity contribution in [3.8, 4) is 5.75 Å². The van der Waals surface area contributed by atoms with E-state index in [9.17, 15) is 4.79 Å². The number of aryl methyl sites for hydroxylation is 2. The third kappa shape index (κ3) is 7.94. The van der Waals surface area contributed by atoms with Gasteiger partial charge in [0.2, 0.25) is 5.91 Å². The zero-order valence-corrected chi connectivity index (χ0v) is 19.2. The van der Waals surface area contributed by atoms with E-state index in [2.05, 4.69) is 35.5 Å². The molecule has 0 spiro atoms. The fourth-order valence-corrected chi connectivity index (χ4v) is 3.18. The van der Waals surface area contributed by atoms with Crippen molar-refractivity contribution >= 4 is 35.8 Å². The maximum absolute atomic E-state index is 11.8. The lowest BCUT2D eigenvalue weighted by atomic mass is 10.1. The Morgan fingerprint density at radius 2 is 1.96 bits per heavy atom. The van der Waals surface area contributed by atoms with Crippen molar-refractivity contribution in [1.29, 1.82) is 0 Å². The van der Waals surface area contributed by atoms with Crippen molar-refractivity contribution in [3.63, 3.8) is 0 Å². The summed E-state index contributed by atoms with van der Waals surface area (Å²) in [6.07, 6.45) is 1.52. The molecular weight excluding hydrogens is 455 g/mol. The van der Waals surface area contributed by atoms with E-state index in [1.807, 2.05) is 30.9 Å².